The molecule has 4 heteroatoms. The van der Waals surface area contributed by atoms with E-state index in [-0.39, 0.29) is 17.5 Å². The molecule has 86 valence electrons. The van der Waals surface area contributed by atoms with Gasteiger partial charge in [0.1, 0.15) is 0 Å². The number of nitrogens with one attached hydrogen (secondary N) is 1. The molecule has 0 aromatic carbocycles. The quantitative estimate of drug-likeness (QED) is 0.716. The summed E-state index contributed by atoms with van der Waals surface area (Å²) >= 11 is 0. The molecule has 1 aliphatic heterocycles. The molecule has 2 N–H and O–H groups in total. The number of aliphatic carboxylic acids is 1. The Morgan fingerprint density at radius 1 is 1.47 bits per heavy atom. The average molecular weight is 212 g/mol. The fourth-order valence-corrected chi connectivity index (χ4v) is 2.41. The molecule has 1 saturated heterocycles. The number of hydrogen-bond donors (Lipinski definition) is 2. The Morgan fingerprint density at radius 2 is 2.07 bits per heavy atom. The molecule has 1 saturated carbocycles. The summed E-state index contributed by atoms with van der Waals surface area (Å²) in [6, 6.07) is 0.634. The van der Waals surface area contributed by atoms with Gasteiger partial charge in [-0.15, -0.1) is 0 Å². The number of nitrogens with zero attached hydrogens (tertiary/aromatic N) is 1. The summed E-state index contributed by atoms with van der Waals surface area (Å²) in [6.07, 6.45) is 2.39. The molecule has 0 spiro atoms. The number of carbonyl (C=O) groups is 1. The van der Waals surface area contributed by atoms with E-state index in [1.807, 2.05) is 7.05 Å². The molecule has 4 nitrogen and oxygen atoms in total. The van der Waals surface area contributed by atoms with Gasteiger partial charge in [-0.25, -0.2) is 0 Å². The third-order valence-corrected chi connectivity index (χ3v) is 3.93. The zero-order chi connectivity index (χ0) is 11.2. The monoisotopic (exact) mass is 212 g/mol. The smallest absolute Gasteiger partial charge is 0.309 e. The molecule has 2 atom stereocenters. The molecule has 2 aliphatic rings. The van der Waals surface area contributed by atoms with Gasteiger partial charge in [-0.05, 0) is 33.7 Å². The molecule has 0 aromatic rings. The predicted octanol–water partition coefficient (Wildman–Crippen LogP) is 0.532. The maximum Gasteiger partial charge on any atom is 0.309 e. The molecule has 2 rings (SSSR count). The van der Waals surface area contributed by atoms with Crippen molar-refractivity contribution >= 4 is 5.97 Å². The van der Waals surface area contributed by atoms with Gasteiger partial charge in [0.15, 0.2) is 0 Å². The molecule has 0 bridgehead atoms. The van der Waals surface area contributed by atoms with Crippen LogP contribution >= 0.6 is 0 Å². The highest BCUT2D eigenvalue weighted by molar-refractivity contribution is 5.72. The van der Waals surface area contributed by atoms with Crippen LogP contribution in [-0.4, -0.2) is 47.2 Å². The van der Waals surface area contributed by atoms with E-state index in [0.717, 1.165) is 0 Å². The van der Waals surface area contributed by atoms with Crippen molar-refractivity contribution in [3.05, 3.63) is 0 Å². The lowest BCUT2D eigenvalue weighted by Crippen LogP contribution is -2.52. The van der Waals surface area contributed by atoms with Crippen LogP contribution in [0.2, 0.25) is 0 Å². The fraction of sp³-hybridized carbons (Fsp3) is 0.909. The zero-order valence-electron chi connectivity index (χ0n) is 9.66. The van der Waals surface area contributed by atoms with Crippen LogP contribution < -0.4 is 5.32 Å². The Bertz CT molecular complexity index is 274. The summed E-state index contributed by atoms with van der Waals surface area (Å²) in [5, 5.41) is 12.7. The topological polar surface area (TPSA) is 52.6 Å². The molecule has 1 aliphatic carbocycles. The van der Waals surface area contributed by atoms with Crippen molar-refractivity contribution in [1.82, 2.24) is 10.2 Å². The van der Waals surface area contributed by atoms with Crippen LogP contribution in [-0.2, 0) is 4.79 Å². The van der Waals surface area contributed by atoms with Gasteiger partial charge in [0, 0.05) is 24.2 Å². The minimum absolute atomic E-state index is 0.0638. The Kier molecular flexibility index (Phi) is 2.51. The maximum atomic E-state index is 11.2. The molecule has 0 amide bonds. The molecule has 15 heavy (non-hydrogen) atoms. The Balaban J connectivity index is 2.14. The van der Waals surface area contributed by atoms with E-state index in [2.05, 4.69) is 24.1 Å². The lowest BCUT2D eigenvalue weighted by Gasteiger charge is -2.34. The largest absolute Gasteiger partial charge is 0.481 e. The van der Waals surface area contributed by atoms with Gasteiger partial charge in [-0.1, -0.05) is 0 Å². The molecular formula is C11H20N2O2. The summed E-state index contributed by atoms with van der Waals surface area (Å²) in [4.78, 5) is 13.3. The lowest BCUT2D eigenvalue weighted by molar-refractivity contribution is -0.142. The summed E-state index contributed by atoms with van der Waals surface area (Å²) < 4.78 is 0. The van der Waals surface area contributed by atoms with Crippen molar-refractivity contribution in [2.75, 3.05) is 13.6 Å². The van der Waals surface area contributed by atoms with E-state index in [4.69, 9.17) is 0 Å². The van der Waals surface area contributed by atoms with Crippen molar-refractivity contribution in [3.63, 3.8) is 0 Å². The highest BCUT2D eigenvalue weighted by Crippen LogP contribution is 2.34. The number of likely N-dealkylation sites (N-methyl/N-ethyl adjacent to an activating group) is 1. The molecule has 2 unspecified atom stereocenters. The lowest BCUT2D eigenvalue weighted by atomic mass is 9.89. The second-order valence-corrected chi connectivity index (χ2v) is 5.40. The van der Waals surface area contributed by atoms with Crippen molar-refractivity contribution in [3.8, 4) is 0 Å². The van der Waals surface area contributed by atoms with Crippen molar-refractivity contribution in [2.24, 2.45) is 5.92 Å². The van der Waals surface area contributed by atoms with Gasteiger partial charge in [0.05, 0.1) is 5.92 Å². The summed E-state index contributed by atoms with van der Waals surface area (Å²) in [6.45, 7) is 4.89. The zero-order valence-corrected chi connectivity index (χ0v) is 9.66. The number of likely N-dealkylation sites (tertiary alicyclic amines) is 1. The van der Waals surface area contributed by atoms with Crippen LogP contribution in [0.25, 0.3) is 0 Å². The minimum atomic E-state index is -0.675. The van der Waals surface area contributed by atoms with Crippen LogP contribution in [0.3, 0.4) is 0 Å². The van der Waals surface area contributed by atoms with Gasteiger partial charge < -0.3 is 10.4 Å². The standard InChI is InChI=1S/C11H20N2O2/c1-11(2)9(12-7-4-5-7)8(10(14)15)6-13(11)3/h7-9,12H,4-6H2,1-3H3,(H,14,15). The van der Waals surface area contributed by atoms with E-state index in [1.54, 1.807) is 0 Å². The third-order valence-electron chi connectivity index (χ3n) is 3.93. The van der Waals surface area contributed by atoms with Crippen molar-refractivity contribution in [1.29, 1.82) is 0 Å². The average Bonchev–Trinajstić information content (AvgIpc) is 2.89. The molecular weight excluding hydrogens is 192 g/mol. The first-order valence-corrected chi connectivity index (χ1v) is 5.63. The number of carboxylic acids is 1. The Labute approximate surface area is 90.6 Å². The van der Waals surface area contributed by atoms with Crippen LogP contribution in [0.15, 0.2) is 0 Å². The first-order valence-electron chi connectivity index (χ1n) is 5.63. The number of hydrogen-bond acceptors (Lipinski definition) is 3. The number of rotatable bonds is 3. The summed E-state index contributed by atoms with van der Waals surface area (Å²) in [5.41, 5.74) is -0.0638. The van der Waals surface area contributed by atoms with Crippen LogP contribution in [0.4, 0.5) is 0 Å². The summed E-state index contributed by atoms with van der Waals surface area (Å²) in [5.74, 6) is -0.948. The van der Waals surface area contributed by atoms with Crippen molar-refractivity contribution < 1.29 is 9.90 Å². The van der Waals surface area contributed by atoms with Gasteiger partial charge in [0.2, 0.25) is 0 Å². The molecule has 0 aromatic heterocycles. The van der Waals surface area contributed by atoms with E-state index >= 15 is 0 Å². The van der Waals surface area contributed by atoms with Gasteiger partial charge >= 0.3 is 5.97 Å². The SMILES string of the molecule is CN1CC(C(=O)O)C(NC2CC2)C1(C)C. The van der Waals surface area contributed by atoms with Crippen LogP contribution in [0, 0.1) is 5.92 Å². The first kappa shape index (κ1) is 10.9. The fourth-order valence-electron chi connectivity index (χ4n) is 2.41. The van der Waals surface area contributed by atoms with Gasteiger partial charge in [-0.2, -0.15) is 0 Å². The van der Waals surface area contributed by atoms with E-state index < -0.39 is 5.97 Å². The van der Waals surface area contributed by atoms with Crippen molar-refractivity contribution in [2.45, 2.75) is 44.3 Å². The second-order valence-electron chi connectivity index (χ2n) is 5.40. The van der Waals surface area contributed by atoms with Crippen LogP contribution in [0.1, 0.15) is 26.7 Å². The second kappa shape index (κ2) is 3.46. The highest BCUT2D eigenvalue weighted by atomic mass is 16.4. The van der Waals surface area contributed by atoms with Gasteiger partial charge in [-0.3, -0.25) is 9.69 Å². The Hall–Kier alpha value is -0.610. The van der Waals surface area contributed by atoms with E-state index in [1.165, 1.54) is 12.8 Å². The number of carboxylic acid groups (broad SMARTS) is 1. The Morgan fingerprint density at radius 3 is 2.53 bits per heavy atom. The molecule has 0 radical (unpaired) electrons. The van der Waals surface area contributed by atoms with Crippen LogP contribution in [0.5, 0.6) is 0 Å². The summed E-state index contributed by atoms with van der Waals surface area (Å²) in [7, 11) is 2.00. The van der Waals surface area contributed by atoms with E-state index in [0.29, 0.717) is 12.6 Å². The van der Waals surface area contributed by atoms with Gasteiger partial charge in [0.25, 0.3) is 0 Å². The third kappa shape index (κ3) is 1.88. The molecule has 2 fully saturated rings. The minimum Gasteiger partial charge on any atom is -0.481 e. The highest BCUT2D eigenvalue weighted by Gasteiger charge is 2.50. The maximum absolute atomic E-state index is 11.2. The normalized spacial score (nSPS) is 35.7. The molecule has 1 heterocycles. The first-order chi connectivity index (χ1) is 6.93. The van der Waals surface area contributed by atoms with E-state index in [9.17, 15) is 9.90 Å². The predicted molar refractivity (Wildman–Crippen MR) is 57.8 cm³/mol.